The zero-order valence-electron chi connectivity index (χ0n) is 11.1. The van der Waals surface area contributed by atoms with Crippen LogP contribution < -0.4 is 5.32 Å². The smallest absolute Gasteiger partial charge is 0.0374 e. The Morgan fingerprint density at radius 3 is 2.83 bits per heavy atom. The van der Waals surface area contributed by atoms with Crippen molar-refractivity contribution in [2.75, 3.05) is 5.32 Å². The number of rotatable bonds is 2. The SMILES string of the molecule is c1ccc2c(c1)CCC(CC1CC3CCC1C3)N2. The van der Waals surface area contributed by atoms with Crippen molar-refractivity contribution in [1.82, 2.24) is 0 Å². The fourth-order valence-electron chi connectivity index (χ4n) is 4.71. The van der Waals surface area contributed by atoms with Crippen LogP contribution in [0.1, 0.15) is 44.1 Å². The number of aryl methyl sites for hydroxylation is 1. The molecule has 0 aromatic heterocycles. The zero-order valence-corrected chi connectivity index (χ0v) is 11.1. The number of benzene rings is 1. The molecule has 2 saturated carbocycles. The first kappa shape index (κ1) is 10.9. The Labute approximate surface area is 110 Å². The Balaban J connectivity index is 1.42. The second kappa shape index (κ2) is 4.29. The lowest BCUT2D eigenvalue weighted by atomic mass is 9.82. The fraction of sp³-hybridized carbons (Fsp3) is 0.647. The van der Waals surface area contributed by atoms with Gasteiger partial charge in [-0.15, -0.1) is 0 Å². The van der Waals surface area contributed by atoms with E-state index in [9.17, 15) is 0 Å². The van der Waals surface area contributed by atoms with E-state index in [-0.39, 0.29) is 0 Å². The monoisotopic (exact) mass is 241 g/mol. The lowest BCUT2D eigenvalue weighted by Crippen LogP contribution is -2.29. The van der Waals surface area contributed by atoms with Gasteiger partial charge in [0.25, 0.3) is 0 Å². The third kappa shape index (κ3) is 1.84. The largest absolute Gasteiger partial charge is 0.382 e. The van der Waals surface area contributed by atoms with E-state index in [1.807, 2.05) is 0 Å². The summed E-state index contributed by atoms with van der Waals surface area (Å²) in [5.74, 6) is 3.20. The molecule has 18 heavy (non-hydrogen) atoms. The second-order valence-corrected chi connectivity index (χ2v) is 6.71. The summed E-state index contributed by atoms with van der Waals surface area (Å²) in [6.45, 7) is 0. The lowest BCUT2D eigenvalue weighted by molar-refractivity contribution is 0.295. The summed E-state index contributed by atoms with van der Waals surface area (Å²) in [6, 6.07) is 9.59. The summed E-state index contributed by atoms with van der Waals surface area (Å²) in [5, 5.41) is 3.78. The number of nitrogens with one attached hydrogen (secondary N) is 1. The highest BCUT2D eigenvalue weighted by atomic mass is 14.9. The van der Waals surface area contributed by atoms with E-state index in [1.54, 1.807) is 6.42 Å². The molecule has 4 unspecified atom stereocenters. The summed E-state index contributed by atoms with van der Waals surface area (Å²) in [6.07, 6.45) is 10.2. The molecule has 1 N–H and O–H groups in total. The molecule has 3 aliphatic rings. The number of hydrogen-bond acceptors (Lipinski definition) is 1. The third-order valence-electron chi connectivity index (χ3n) is 5.61. The van der Waals surface area contributed by atoms with Gasteiger partial charge in [0.1, 0.15) is 0 Å². The van der Waals surface area contributed by atoms with Gasteiger partial charge in [-0.3, -0.25) is 0 Å². The van der Waals surface area contributed by atoms with Gasteiger partial charge in [0.2, 0.25) is 0 Å². The van der Waals surface area contributed by atoms with Crippen LogP contribution in [0.5, 0.6) is 0 Å². The van der Waals surface area contributed by atoms with E-state index >= 15 is 0 Å². The highest BCUT2D eigenvalue weighted by Gasteiger charge is 2.40. The van der Waals surface area contributed by atoms with Gasteiger partial charge in [-0.25, -0.2) is 0 Å². The van der Waals surface area contributed by atoms with Crippen LogP contribution >= 0.6 is 0 Å². The maximum absolute atomic E-state index is 3.78. The minimum Gasteiger partial charge on any atom is -0.382 e. The molecule has 0 amide bonds. The maximum Gasteiger partial charge on any atom is 0.0374 e. The minimum absolute atomic E-state index is 0.740. The average Bonchev–Trinajstić information content (AvgIpc) is 3.01. The van der Waals surface area contributed by atoms with E-state index in [1.165, 1.54) is 49.8 Å². The molecule has 0 radical (unpaired) electrons. The van der Waals surface area contributed by atoms with Gasteiger partial charge in [0.05, 0.1) is 0 Å². The quantitative estimate of drug-likeness (QED) is 0.816. The van der Waals surface area contributed by atoms with Crippen LogP contribution in [0.3, 0.4) is 0 Å². The molecule has 4 atom stereocenters. The molecule has 1 heterocycles. The van der Waals surface area contributed by atoms with E-state index in [4.69, 9.17) is 0 Å². The molecule has 96 valence electrons. The van der Waals surface area contributed by atoms with Gasteiger partial charge in [0, 0.05) is 11.7 Å². The summed E-state index contributed by atoms with van der Waals surface area (Å²) in [7, 11) is 0. The topological polar surface area (TPSA) is 12.0 Å². The molecule has 0 saturated heterocycles. The Morgan fingerprint density at radius 1 is 1.06 bits per heavy atom. The van der Waals surface area contributed by atoms with Crippen LogP contribution in [-0.4, -0.2) is 6.04 Å². The molecule has 2 bridgehead atoms. The van der Waals surface area contributed by atoms with Crippen LogP contribution in [0.2, 0.25) is 0 Å². The van der Waals surface area contributed by atoms with Gasteiger partial charge in [-0.2, -0.15) is 0 Å². The van der Waals surface area contributed by atoms with Crippen LogP contribution in [-0.2, 0) is 6.42 Å². The summed E-state index contributed by atoms with van der Waals surface area (Å²) >= 11 is 0. The highest BCUT2D eigenvalue weighted by Crippen LogP contribution is 2.50. The van der Waals surface area contributed by atoms with Crippen molar-refractivity contribution in [3.05, 3.63) is 29.8 Å². The van der Waals surface area contributed by atoms with Crippen molar-refractivity contribution in [2.45, 2.75) is 51.0 Å². The fourth-order valence-corrected chi connectivity index (χ4v) is 4.71. The standard InChI is InChI=1S/C17H23N/c1-2-4-17-13(3-1)7-8-16(18-17)11-15-10-12-5-6-14(15)9-12/h1-4,12,14-16,18H,5-11H2. The first-order valence-electron chi connectivity index (χ1n) is 7.73. The highest BCUT2D eigenvalue weighted by molar-refractivity contribution is 5.53. The van der Waals surface area contributed by atoms with Crippen molar-refractivity contribution in [3.63, 3.8) is 0 Å². The van der Waals surface area contributed by atoms with Crippen LogP contribution in [0, 0.1) is 17.8 Å². The molecule has 1 aromatic carbocycles. The van der Waals surface area contributed by atoms with Gasteiger partial charge < -0.3 is 5.32 Å². The van der Waals surface area contributed by atoms with E-state index in [2.05, 4.69) is 29.6 Å². The third-order valence-corrected chi connectivity index (χ3v) is 5.61. The van der Waals surface area contributed by atoms with Gasteiger partial charge in [-0.1, -0.05) is 24.6 Å². The number of para-hydroxylation sites is 1. The predicted molar refractivity (Wildman–Crippen MR) is 75.7 cm³/mol. The van der Waals surface area contributed by atoms with Gasteiger partial charge in [0.15, 0.2) is 0 Å². The average molecular weight is 241 g/mol. The Hall–Kier alpha value is -0.980. The van der Waals surface area contributed by atoms with Crippen LogP contribution in [0.15, 0.2) is 24.3 Å². The van der Waals surface area contributed by atoms with E-state index in [0.29, 0.717) is 0 Å². The summed E-state index contributed by atoms with van der Waals surface area (Å²) in [5.41, 5.74) is 2.92. The molecule has 4 rings (SSSR count). The van der Waals surface area contributed by atoms with Crippen molar-refractivity contribution in [1.29, 1.82) is 0 Å². The van der Waals surface area contributed by atoms with Gasteiger partial charge in [-0.05, 0) is 67.9 Å². The Kier molecular flexibility index (Phi) is 2.60. The summed E-state index contributed by atoms with van der Waals surface area (Å²) < 4.78 is 0. The Morgan fingerprint density at radius 2 is 2.00 bits per heavy atom. The first-order valence-corrected chi connectivity index (χ1v) is 7.73. The Bertz CT molecular complexity index is 439. The van der Waals surface area contributed by atoms with E-state index < -0.39 is 0 Å². The normalized spacial score (nSPS) is 37.3. The van der Waals surface area contributed by atoms with Crippen molar-refractivity contribution in [3.8, 4) is 0 Å². The molecular weight excluding hydrogens is 218 g/mol. The first-order chi connectivity index (χ1) is 8.88. The van der Waals surface area contributed by atoms with Crippen LogP contribution in [0.4, 0.5) is 5.69 Å². The molecule has 1 heteroatoms. The minimum atomic E-state index is 0.740. The van der Waals surface area contributed by atoms with E-state index in [0.717, 1.165) is 23.8 Å². The molecule has 1 nitrogen and oxygen atoms in total. The lowest BCUT2D eigenvalue weighted by Gasteiger charge is -2.31. The maximum atomic E-state index is 3.78. The summed E-state index contributed by atoms with van der Waals surface area (Å²) in [4.78, 5) is 0. The molecule has 0 spiro atoms. The number of hydrogen-bond donors (Lipinski definition) is 1. The molecule has 1 aromatic rings. The number of fused-ring (bicyclic) bond motifs is 3. The zero-order chi connectivity index (χ0) is 11.9. The van der Waals surface area contributed by atoms with Crippen molar-refractivity contribution < 1.29 is 0 Å². The number of anilines is 1. The van der Waals surface area contributed by atoms with Crippen LogP contribution in [0.25, 0.3) is 0 Å². The molecule has 2 aliphatic carbocycles. The van der Waals surface area contributed by atoms with Gasteiger partial charge >= 0.3 is 0 Å². The molecule has 2 fully saturated rings. The predicted octanol–water partition coefficient (Wildman–Crippen LogP) is 4.24. The van der Waals surface area contributed by atoms with Crippen molar-refractivity contribution >= 4 is 5.69 Å². The second-order valence-electron chi connectivity index (χ2n) is 6.71. The molecular formula is C17H23N. The molecule has 1 aliphatic heterocycles. The van der Waals surface area contributed by atoms with Crippen molar-refractivity contribution in [2.24, 2.45) is 17.8 Å².